The standard InChI is InChI=1S/C24H29BrCl2N2O2S/c1-4-16(3)28-24(31)22(5-2)29(13-18-8-11-20(26)12-21(18)27)23(30)15-32-14-17-6-9-19(25)10-7-17/h6-12,16,22H,4-5,13-15H2,1-3H3,(H,28,31)/t16-,22-/m1/s1. The Bertz CT molecular complexity index is 911. The molecule has 0 fully saturated rings. The molecule has 32 heavy (non-hydrogen) atoms. The van der Waals surface area contributed by atoms with Crippen molar-refractivity contribution >= 4 is 62.7 Å². The van der Waals surface area contributed by atoms with Gasteiger partial charge >= 0.3 is 0 Å². The quantitative estimate of drug-likeness (QED) is 0.333. The van der Waals surface area contributed by atoms with Crippen LogP contribution in [-0.2, 0) is 21.9 Å². The van der Waals surface area contributed by atoms with Gasteiger partial charge in [-0.3, -0.25) is 9.59 Å². The normalized spacial score (nSPS) is 12.8. The minimum Gasteiger partial charge on any atom is -0.352 e. The molecule has 0 aromatic heterocycles. The van der Waals surface area contributed by atoms with E-state index < -0.39 is 6.04 Å². The predicted molar refractivity (Wildman–Crippen MR) is 139 cm³/mol. The summed E-state index contributed by atoms with van der Waals surface area (Å²) in [5, 5.41) is 4.03. The summed E-state index contributed by atoms with van der Waals surface area (Å²) in [4.78, 5) is 27.9. The average molecular weight is 560 g/mol. The van der Waals surface area contributed by atoms with Gasteiger partial charge in [0.1, 0.15) is 6.04 Å². The van der Waals surface area contributed by atoms with Gasteiger partial charge in [-0.25, -0.2) is 0 Å². The van der Waals surface area contributed by atoms with Crippen LogP contribution in [0.5, 0.6) is 0 Å². The molecule has 0 saturated heterocycles. The zero-order chi connectivity index (χ0) is 23.7. The molecule has 0 bridgehead atoms. The molecule has 0 heterocycles. The molecule has 4 nitrogen and oxygen atoms in total. The maximum atomic E-state index is 13.3. The van der Waals surface area contributed by atoms with E-state index in [-0.39, 0.29) is 30.2 Å². The summed E-state index contributed by atoms with van der Waals surface area (Å²) >= 11 is 17.4. The predicted octanol–water partition coefficient (Wildman–Crippen LogP) is 6.71. The molecular weight excluding hydrogens is 531 g/mol. The molecule has 0 saturated carbocycles. The van der Waals surface area contributed by atoms with E-state index in [0.717, 1.165) is 22.0 Å². The van der Waals surface area contributed by atoms with Gasteiger partial charge in [-0.2, -0.15) is 0 Å². The van der Waals surface area contributed by atoms with Crippen LogP contribution in [0.25, 0.3) is 0 Å². The fraction of sp³-hybridized carbons (Fsp3) is 0.417. The van der Waals surface area contributed by atoms with Gasteiger partial charge in [0.05, 0.1) is 5.75 Å². The summed E-state index contributed by atoms with van der Waals surface area (Å²) < 4.78 is 1.02. The number of hydrogen-bond acceptors (Lipinski definition) is 3. The number of nitrogens with one attached hydrogen (secondary N) is 1. The molecule has 2 aromatic carbocycles. The Morgan fingerprint density at radius 2 is 1.78 bits per heavy atom. The lowest BCUT2D eigenvalue weighted by Crippen LogP contribution is -2.51. The van der Waals surface area contributed by atoms with E-state index in [1.54, 1.807) is 23.1 Å². The number of rotatable bonds is 11. The molecule has 0 aliphatic carbocycles. The Hall–Kier alpha value is -1.21. The maximum Gasteiger partial charge on any atom is 0.243 e. The lowest BCUT2D eigenvalue weighted by molar-refractivity contribution is -0.139. The van der Waals surface area contributed by atoms with Crippen LogP contribution >= 0.6 is 50.9 Å². The Balaban J connectivity index is 2.17. The Morgan fingerprint density at radius 1 is 1.09 bits per heavy atom. The number of carbonyl (C=O) groups is 2. The third-order valence-corrected chi connectivity index (χ3v) is 7.25. The van der Waals surface area contributed by atoms with Crippen LogP contribution < -0.4 is 5.32 Å². The lowest BCUT2D eigenvalue weighted by atomic mass is 10.1. The third kappa shape index (κ3) is 8.29. The van der Waals surface area contributed by atoms with Crippen molar-refractivity contribution in [2.24, 2.45) is 0 Å². The van der Waals surface area contributed by atoms with E-state index in [1.165, 1.54) is 11.8 Å². The molecule has 0 aliphatic heterocycles. The fourth-order valence-electron chi connectivity index (χ4n) is 3.11. The molecule has 0 radical (unpaired) electrons. The fourth-order valence-corrected chi connectivity index (χ4v) is 4.72. The zero-order valence-electron chi connectivity index (χ0n) is 18.5. The number of benzene rings is 2. The lowest BCUT2D eigenvalue weighted by Gasteiger charge is -2.31. The van der Waals surface area contributed by atoms with Crippen LogP contribution in [0.3, 0.4) is 0 Å². The maximum absolute atomic E-state index is 13.3. The highest BCUT2D eigenvalue weighted by Gasteiger charge is 2.29. The van der Waals surface area contributed by atoms with E-state index in [0.29, 0.717) is 22.2 Å². The summed E-state index contributed by atoms with van der Waals surface area (Å²) in [7, 11) is 0. The largest absolute Gasteiger partial charge is 0.352 e. The first-order chi connectivity index (χ1) is 15.2. The Kier molecular flexibility index (Phi) is 11.4. The molecule has 0 spiro atoms. The molecule has 2 rings (SSSR count). The van der Waals surface area contributed by atoms with E-state index in [9.17, 15) is 9.59 Å². The number of amides is 2. The number of halogens is 3. The van der Waals surface area contributed by atoms with Gasteiger partial charge in [0.25, 0.3) is 0 Å². The average Bonchev–Trinajstić information content (AvgIpc) is 2.76. The number of thioether (sulfide) groups is 1. The zero-order valence-corrected chi connectivity index (χ0v) is 22.5. The second-order valence-corrected chi connectivity index (χ2v) is 10.4. The first kappa shape index (κ1) is 27.0. The van der Waals surface area contributed by atoms with Gasteiger partial charge < -0.3 is 10.2 Å². The van der Waals surface area contributed by atoms with E-state index in [2.05, 4.69) is 21.2 Å². The third-order valence-electron chi connectivity index (χ3n) is 5.15. The first-order valence-electron chi connectivity index (χ1n) is 10.6. The summed E-state index contributed by atoms with van der Waals surface area (Å²) in [5.41, 5.74) is 1.90. The van der Waals surface area contributed by atoms with Gasteiger partial charge in [0.2, 0.25) is 11.8 Å². The minimum atomic E-state index is -0.573. The van der Waals surface area contributed by atoms with E-state index >= 15 is 0 Å². The van der Waals surface area contributed by atoms with Crippen molar-refractivity contribution < 1.29 is 9.59 Å². The monoisotopic (exact) mass is 558 g/mol. The first-order valence-corrected chi connectivity index (χ1v) is 13.3. The molecule has 2 amide bonds. The van der Waals surface area contributed by atoms with Crippen molar-refractivity contribution in [1.82, 2.24) is 10.2 Å². The molecule has 8 heteroatoms. The summed E-state index contributed by atoms with van der Waals surface area (Å²) in [6.45, 7) is 6.14. The Labute approximate surface area is 213 Å². The van der Waals surface area contributed by atoms with Crippen molar-refractivity contribution in [2.45, 2.75) is 58.0 Å². The van der Waals surface area contributed by atoms with Crippen LogP contribution in [0.15, 0.2) is 46.9 Å². The highest BCUT2D eigenvalue weighted by Crippen LogP contribution is 2.25. The smallest absolute Gasteiger partial charge is 0.243 e. The van der Waals surface area contributed by atoms with Crippen molar-refractivity contribution in [3.63, 3.8) is 0 Å². The van der Waals surface area contributed by atoms with Crippen LogP contribution in [0.1, 0.15) is 44.7 Å². The summed E-state index contributed by atoms with van der Waals surface area (Å²) in [6.07, 6.45) is 1.33. The highest BCUT2D eigenvalue weighted by atomic mass is 79.9. The van der Waals surface area contributed by atoms with Crippen LogP contribution in [0.4, 0.5) is 0 Å². The summed E-state index contributed by atoms with van der Waals surface area (Å²) in [5.74, 6) is 0.751. The van der Waals surface area contributed by atoms with E-state index in [1.807, 2.05) is 45.0 Å². The highest BCUT2D eigenvalue weighted by molar-refractivity contribution is 9.10. The van der Waals surface area contributed by atoms with Crippen molar-refractivity contribution in [3.8, 4) is 0 Å². The second-order valence-electron chi connectivity index (χ2n) is 7.62. The van der Waals surface area contributed by atoms with Crippen molar-refractivity contribution in [2.75, 3.05) is 5.75 Å². The van der Waals surface area contributed by atoms with Crippen LogP contribution in [0.2, 0.25) is 10.0 Å². The Morgan fingerprint density at radius 3 is 2.38 bits per heavy atom. The molecule has 1 N–H and O–H groups in total. The van der Waals surface area contributed by atoms with Gasteiger partial charge in [-0.15, -0.1) is 11.8 Å². The molecule has 2 aromatic rings. The molecule has 174 valence electrons. The number of nitrogens with zero attached hydrogens (tertiary/aromatic N) is 1. The molecule has 2 atom stereocenters. The molecular formula is C24H29BrCl2N2O2S. The van der Waals surface area contributed by atoms with Gasteiger partial charge in [0, 0.05) is 32.9 Å². The van der Waals surface area contributed by atoms with E-state index in [4.69, 9.17) is 23.2 Å². The topological polar surface area (TPSA) is 49.4 Å². The number of hydrogen-bond donors (Lipinski definition) is 1. The summed E-state index contributed by atoms with van der Waals surface area (Å²) in [6, 6.07) is 12.7. The van der Waals surface area contributed by atoms with Crippen molar-refractivity contribution in [1.29, 1.82) is 0 Å². The second kappa shape index (κ2) is 13.5. The number of carbonyl (C=O) groups excluding carboxylic acids is 2. The van der Waals surface area contributed by atoms with Gasteiger partial charge in [0.15, 0.2) is 0 Å². The van der Waals surface area contributed by atoms with Crippen LogP contribution in [0, 0.1) is 0 Å². The molecule has 0 aliphatic rings. The SMILES string of the molecule is CC[C@@H](C)NC(=O)[C@@H](CC)N(Cc1ccc(Cl)cc1Cl)C(=O)CSCc1ccc(Br)cc1. The van der Waals surface area contributed by atoms with Crippen LogP contribution in [-0.4, -0.2) is 34.6 Å². The minimum absolute atomic E-state index is 0.0411. The molecule has 0 unspecified atom stereocenters. The van der Waals surface area contributed by atoms with Gasteiger partial charge in [-0.1, -0.05) is 71.2 Å². The van der Waals surface area contributed by atoms with Crippen molar-refractivity contribution in [3.05, 3.63) is 68.1 Å². The van der Waals surface area contributed by atoms with Gasteiger partial charge in [-0.05, 0) is 55.2 Å².